The Bertz CT molecular complexity index is 61.9. The summed E-state index contributed by atoms with van der Waals surface area (Å²) in [6, 6.07) is 0. The van der Waals surface area contributed by atoms with Crippen LogP contribution in [0.3, 0.4) is 0 Å². The molecule has 1 atom stereocenters. The van der Waals surface area contributed by atoms with Crippen molar-refractivity contribution in [1.82, 2.24) is 0 Å². The largest absolute Gasteiger partial charge is 0.110 e. The van der Waals surface area contributed by atoms with Crippen LogP contribution in [-0.2, 0) is 0 Å². The molecule has 0 radical (unpaired) electrons. The fraction of sp³-hybridized carbons (Fsp3) is 1.00. The summed E-state index contributed by atoms with van der Waals surface area (Å²) in [6.07, 6.45) is 3.61. The molecule has 0 saturated carbocycles. The Kier molecular flexibility index (Phi) is 5.72. The lowest BCUT2D eigenvalue weighted by atomic mass is 10.1. The molecule has 0 aromatic heterocycles. The summed E-state index contributed by atoms with van der Waals surface area (Å²) in [5.41, 5.74) is 0. The molecular weight excluding hydrogens is 155 g/mol. The Labute approximate surface area is 67.5 Å². The SMILES string of the molecule is CCCCC(C)C(Cl)Cl. The van der Waals surface area contributed by atoms with E-state index >= 15 is 0 Å². The predicted octanol–water partition coefficient (Wildman–Crippen LogP) is 3.62. The zero-order chi connectivity index (χ0) is 7.28. The maximum atomic E-state index is 5.63. The molecule has 1 unspecified atom stereocenters. The molecule has 0 aliphatic heterocycles. The zero-order valence-corrected chi connectivity index (χ0v) is 7.54. The highest BCUT2D eigenvalue weighted by Crippen LogP contribution is 2.19. The van der Waals surface area contributed by atoms with Crippen molar-refractivity contribution in [2.24, 2.45) is 5.92 Å². The van der Waals surface area contributed by atoms with E-state index in [0.717, 1.165) is 6.42 Å². The van der Waals surface area contributed by atoms with Gasteiger partial charge in [0.15, 0.2) is 0 Å². The average Bonchev–Trinajstić information content (AvgIpc) is 1.82. The minimum absolute atomic E-state index is 0.184. The van der Waals surface area contributed by atoms with Crippen LogP contribution in [0.4, 0.5) is 0 Å². The third-order valence-corrected chi connectivity index (χ3v) is 2.30. The third-order valence-electron chi connectivity index (χ3n) is 1.44. The summed E-state index contributed by atoms with van der Waals surface area (Å²) >= 11 is 11.3. The van der Waals surface area contributed by atoms with E-state index < -0.39 is 0 Å². The van der Waals surface area contributed by atoms with E-state index in [9.17, 15) is 0 Å². The molecule has 0 aliphatic carbocycles. The molecule has 56 valence electrons. The molecule has 0 amide bonds. The molecule has 0 spiro atoms. The van der Waals surface area contributed by atoms with E-state index in [1.807, 2.05) is 0 Å². The number of hydrogen-bond donors (Lipinski definition) is 0. The first-order valence-electron chi connectivity index (χ1n) is 3.46. The lowest BCUT2D eigenvalue weighted by Gasteiger charge is -2.09. The van der Waals surface area contributed by atoms with Crippen LogP contribution in [-0.4, -0.2) is 4.84 Å². The highest BCUT2D eigenvalue weighted by molar-refractivity contribution is 6.44. The van der Waals surface area contributed by atoms with Gasteiger partial charge in [0.05, 0.1) is 0 Å². The molecule has 0 bridgehead atoms. The van der Waals surface area contributed by atoms with Gasteiger partial charge >= 0.3 is 0 Å². The third kappa shape index (κ3) is 5.05. The van der Waals surface area contributed by atoms with Gasteiger partial charge in [-0.15, -0.1) is 23.2 Å². The first kappa shape index (κ1) is 9.58. The Morgan fingerprint density at radius 1 is 1.33 bits per heavy atom. The van der Waals surface area contributed by atoms with Crippen molar-refractivity contribution < 1.29 is 0 Å². The fourth-order valence-electron chi connectivity index (χ4n) is 0.652. The molecule has 0 heterocycles. The van der Waals surface area contributed by atoms with E-state index in [2.05, 4.69) is 13.8 Å². The van der Waals surface area contributed by atoms with E-state index in [1.54, 1.807) is 0 Å². The summed E-state index contributed by atoms with van der Waals surface area (Å²) in [5.74, 6) is 0.452. The van der Waals surface area contributed by atoms with Gasteiger partial charge in [-0.3, -0.25) is 0 Å². The molecule has 0 fully saturated rings. The summed E-state index contributed by atoms with van der Waals surface area (Å²) in [5, 5.41) is 0. The molecule has 0 aromatic carbocycles. The summed E-state index contributed by atoms with van der Waals surface area (Å²) in [4.78, 5) is -0.184. The Morgan fingerprint density at radius 2 is 1.89 bits per heavy atom. The molecular formula is C7H14Cl2. The lowest BCUT2D eigenvalue weighted by molar-refractivity contribution is 0.536. The van der Waals surface area contributed by atoms with Gasteiger partial charge in [0, 0.05) is 0 Å². The van der Waals surface area contributed by atoms with E-state index in [4.69, 9.17) is 23.2 Å². The molecule has 0 saturated heterocycles. The average molecular weight is 169 g/mol. The van der Waals surface area contributed by atoms with Crippen LogP contribution < -0.4 is 0 Å². The Morgan fingerprint density at radius 3 is 2.22 bits per heavy atom. The van der Waals surface area contributed by atoms with Crippen molar-refractivity contribution in [3.8, 4) is 0 Å². The molecule has 0 aliphatic rings. The quantitative estimate of drug-likeness (QED) is 0.564. The highest BCUT2D eigenvalue weighted by atomic mass is 35.5. The van der Waals surface area contributed by atoms with Crippen LogP contribution in [0.2, 0.25) is 0 Å². The number of hydrogen-bond acceptors (Lipinski definition) is 0. The van der Waals surface area contributed by atoms with Crippen molar-refractivity contribution in [1.29, 1.82) is 0 Å². The molecule has 0 nitrogen and oxygen atoms in total. The minimum Gasteiger partial charge on any atom is -0.105 e. The van der Waals surface area contributed by atoms with Gasteiger partial charge in [0.1, 0.15) is 4.84 Å². The van der Waals surface area contributed by atoms with Gasteiger partial charge in [0.25, 0.3) is 0 Å². The number of halogens is 2. The fourth-order valence-corrected chi connectivity index (χ4v) is 0.904. The van der Waals surface area contributed by atoms with Crippen LogP contribution in [0, 0.1) is 5.92 Å². The monoisotopic (exact) mass is 168 g/mol. The second-order valence-electron chi connectivity index (χ2n) is 2.45. The van der Waals surface area contributed by atoms with E-state index in [1.165, 1.54) is 12.8 Å². The summed E-state index contributed by atoms with van der Waals surface area (Å²) in [7, 11) is 0. The van der Waals surface area contributed by atoms with Gasteiger partial charge in [-0.1, -0.05) is 26.7 Å². The van der Waals surface area contributed by atoms with Crippen molar-refractivity contribution in [3.63, 3.8) is 0 Å². The second-order valence-corrected chi connectivity index (χ2v) is 3.62. The van der Waals surface area contributed by atoms with Crippen LogP contribution in [0.25, 0.3) is 0 Å². The Balaban J connectivity index is 3.16. The van der Waals surface area contributed by atoms with E-state index in [-0.39, 0.29) is 4.84 Å². The minimum atomic E-state index is -0.184. The maximum absolute atomic E-state index is 5.63. The van der Waals surface area contributed by atoms with Gasteiger partial charge in [-0.25, -0.2) is 0 Å². The predicted molar refractivity (Wildman–Crippen MR) is 44.2 cm³/mol. The number of alkyl halides is 2. The Hall–Kier alpha value is 0.580. The second kappa shape index (κ2) is 5.37. The van der Waals surface area contributed by atoms with Crippen molar-refractivity contribution >= 4 is 23.2 Å². The molecule has 0 aromatic rings. The summed E-state index contributed by atoms with van der Waals surface area (Å²) < 4.78 is 0. The first-order chi connectivity index (χ1) is 4.18. The maximum Gasteiger partial charge on any atom is 0.110 e. The van der Waals surface area contributed by atoms with Crippen LogP contribution in [0.15, 0.2) is 0 Å². The van der Waals surface area contributed by atoms with Crippen molar-refractivity contribution in [2.45, 2.75) is 37.9 Å². The number of unbranched alkanes of at least 4 members (excludes halogenated alkanes) is 1. The van der Waals surface area contributed by atoms with Gasteiger partial charge in [-0.05, 0) is 12.3 Å². The topological polar surface area (TPSA) is 0 Å². The van der Waals surface area contributed by atoms with Crippen molar-refractivity contribution in [2.75, 3.05) is 0 Å². The van der Waals surface area contributed by atoms with Crippen LogP contribution in [0.5, 0.6) is 0 Å². The van der Waals surface area contributed by atoms with Gasteiger partial charge in [-0.2, -0.15) is 0 Å². The normalized spacial score (nSPS) is 14.3. The standard InChI is InChI=1S/C7H14Cl2/c1-3-4-5-6(2)7(8)9/h6-7H,3-5H2,1-2H3. The first-order valence-corrected chi connectivity index (χ1v) is 4.34. The summed E-state index contributed by atoms with van der Waals surface area (Å²) in [6.45, 7) is 4.25. The number of rotatable bonds is 4. The van der Waals surface area contributed by atoms with Crippen LogP contribution >= 0.6 is 23.2 Å². The smallest absolute Gasteiger partial charge is 0.105 e. The molecule has 0 rings (SSSR count). The molecule has 0 N–H and O–H groups in total. The molecule has 2 heteroatoms. The van der Waals surface area contributed by atoms with Crippen LogP contribution in [0.1, 0.15) is 33.1 Å². The van der Waals surface area contributed by atoms with Crippen molar-refractivity contribution in [3.05, 3.63) is 0 Å². The van der Waals surface area contributed by atoms with Gasteiger partial charge < -0.3 is 0 Å². The molecule has 9 heavy (non-hydrogen) atoms. The lowest BCUT2D eigenvalue weighted by Crippen LogP contribution is -2.03. The highest BCUT2D eigenvalue weighted by Gasteiger charge is 2.08. The van der Waals surface area contributed by atoms with Gasteiger partial charge in [0.2, 0.25) is 0 Å². The zero-order valence-electron chi connectivity index (χ0n) is 6.03. The van der Waals surface area contributed by atoms with E-state index in [0.29, 0.717) is 5.92 Å².